The average Bonchev–Trinajstić information content (AvgIpc) is 3.03. The van der Waals surface area contributed by atoms with E-state index < -0.39 is 10.0 Å². The highest BCUT2D eigenvalue weighted by Gasteiger charge is 2.31. The summed E-state index contributed by atoms with van der Waals surface area (Å²) in [5.74, 6) is 0. The van der Waals surface area contributed by atoms with Crippen LogP contribution in [0.1, 0.15) is 25.0 Å². The van der Waals surface area contributed by atoms with Crippen LogP contribution in [0.4, 0.5) is 5.69 Å². The van der Waals surface area contributed by atoms with E-state index in [0.29, 0.717) is 13.1 Å². The van der Waals surface area contributed by atoms with Gasteiger partial charge < -0.3 is 4.90 Å². The summed E-state index contributed by atoms with van der Waals surface area (Å²) in [5.41, 5.74) is 2.61. The highest BCUT2D eigenvalue weighted by atomic mass is 32.2. The fourth-order valence-electron chi connectivity index (χ4n) is 2.68. The third-order valence-electron chi connectivity index (χ3n) is 4.50. The molecular weight excluding hydrogens is 336 g/mol. The lowest BCUT2D eigenvalue weighted by atomic mass is 10.1. The number of aromatic nitrogens is 2. The van der Waals surface area contributed by atoms with Crippen molar-refractivity contribution in [3.05, 3.63) is 41.6 Å². The second-order valence-electron chi connectivity index (χ2n) is 6.60. The average molecular weight is 365 g/mol. The quantitative estimate of drug-likeness (QED) is 0.758. The van der Waals surface area contributed by atoms with E-state index in [9.17, 15) is 8.42 Å². The first-order valence-electron chi connectivity index (χ1n) is 8.47. The van der Waals surface area contributed by atoms with Gasteiger partial charge in [-0.15, -0.1) is 0 Å². The van der Waals surface area contributed by atoms with Crippen molar-refractivity contribution >= 4 is 15.7 Å². The number of hydrogen-bond donors (Lipinski definition) is 0. The molecule has 1 aromatic heterocycles. The summed E-state index contributed by atoms with van der Waals surface area (Å²) >= 11 is 0. The number of anilines is 1. The van der Waals surface area contributed by atoms with Crippen molar-refractivity contribution in [2.24, 2.45) is 0 Å². The van der Waals surface area contributed by atoms with E-state index in [0.717, 1.165) is 16.8 Å². The van der Waals surface area contributed by atoms with Crippen LogP contribution < -0.4 is 4.31 Å². The third-order valence-corrected chi connectivity index (χ3v) is 6.15. The van der Waals surface area contributed by atoms with Crippen molar-refractivity contribution < 1.29 is 8.42 Å². The molecule has 0 saturated carbocycles. The molecule has 138 valence electrons. The molecule has 6 nitrogen and oxygen atoms in total. The Kier molecular flexibility index (Phi) is 5.90. The maximum absolute atomic E-state index is 13.4. The second kappa shape index (κ2) is 7.58. The maximum atomic E-state index is 13.4. The van der Waals surface area contributed by atoms with Gasteiger partial charge in [0.25, 0.3) is 10.0 Å². The van der Waals surface area contributed by atoms with Crippen molar-refractivity contribution in [1.29, 1.82) is 0 Å². The van der Waals surface area contributed by atoms with E-state index in [1.807, 2.05) is 64.9 Å². The topological polar surface area (TPSA) is 58.4 Å². The van der Waals surface area contributed by atoms with Gasteiger partial charge in [0, 0.05) is 25.3 Å². The van der Waals surface area contributed by atoms with Gasteiger partial charge in [-0.05, 0) is 59.0 Å². The van der Waals surface area contributed by atoms with Gasteiger partial charge in [0.2, 0.25) is 0 Å². The lowest BCUT2D eigenvalue weighted by Gasteiger charge is -2.31. The molecule has 25 heavy (non-hydrogen) atoms. The van der Waals surface area contributed by atoms with Crippen LogP contribution in [-0.2, 0) is 16.6 Å². The number of rotatable bonds is 7. The Bertz CT molecular complexity index is 807. The minimum absolute atomic E-state index is 0.0574. The summed E-state index contributed by atoms with van der Waals surface area (Å²) < 4.78 is 29.8. The van der Waals surface area contributed by atoms with E-state index in [1.165, 1.54) is 4.31 Å². The smallest absolute Gasteiger partial charge is 0.283 e. The molecule has 0 aliphatic carbocycles. The second-order valence-corrected chi connectivity index (χ2v) is 8.41. The molecule has 0 fully saturated rings. The fraction of sp³-hybridized carbons (Fsp3) is 0.500. The van der Waals surface area contributed by atoms with E-state index in [-0.39, 0.29) is 11.1 Å². The first-order chi connectivity index (χ1) is 11.7. The van der Waals surface area contributed by atoms with Crippen LogP contribution in [0.3, 0.4) is 0 Å². The molecule has 1 unspecified atom stereocenters. The van der Waals surface area contributed by atoms with Crippen LogP contribution in [0, 0.1) is 13.8 Å². The predicted molar refractivity (Wildman–Crippen MR) is 101 cm³/mol. The molecule has 0 aliphatic rings. The fourth-order valence-corrected chi connectivity index (χ4v) is 4.29. The lowest BCUT2D eigenvalue weighted by molar-refractivity contribution is 0.320. The summed E-state index contributed by atoms with van der Waals surface area (Å²) in [7, 11) is 0.159. The molecule has 2 rings (SSSR count). The molecule has 7 heteroatoms. The van der Waals surface area contributed by atoms with Crippen LogP contribution in [0.2, 0.25) is 0 Å². The lowest BCUT2D eigenvalue weighted by Crippen LogP contribution is -2.42. The molecule has 0 amide bonds. The van der Waals surface area contributed by atoms with Gasteiger partial charge in [-0.25, -0.2) is 0 Å². The molecule has 0 N–H and O–H groups in total. The number of hydrogen-bond acceptors (Lipinski definition) is 4. The minimum Gasteiger partial charge on any atom is -0.305 e. The molecule has 1 atom stereocenters. The van der Waals surface area contributed by atoms with Gasteiger partial charge in [-0.1, -0.05) is 18.2 Å². The Morgan fingerprint density at radius 1 is 1.16 bits per heavy atom. The number of para-hydroxylation sites is 1. The monoisotopic (exact) mass is 364 g/mol. The van der Waals surface area contributed by atoms with E-state index >= 15 is 0 Å². The van der Waals surface area contributed by atoms with Crippen LogP contribution in [0.15, 0.2) is 35.5 Å². The van der Waals surface area contributed by atoms with Gasteiger partial charge in [0.1, 0.15) is 0 Å². The Morgan fingerprint density at radius 2 is 1.76 bits per heavy atom. The van der Waals surface area contributed by atoms with Crippen molar-refractivity contribution in [1.82, 2.24) is 14.7 Å². The van der Waals surface area contributed by atoms with Crippen molar-refractivity contribution in [2.45, 2.75) is 45.3 Å². The predicted octanol–water partition coefficient (Wildman–Crippen LogP) is 2.67. The molecule has 0 aliphatic heterocycles. The first-order valence-corrected chi connectivity index (χ1v) is 9.91. The van der Waals surface area contributed by atoms with E-state index in [1.54, 1.807) is 16.9 Å². The number of sulfonamides is 1. The Balaban J connectivity index is 2.58. The molecule has 2 aromatic rings. The number of nitrogens with zero attached hydrogens (tertiary/aromatic N) is 4. The van der Waals surface area contributed by atoms with Crippen LogP contribution in [0.25, 0.3) is 0 Å². The summed E-state index contributed by atoms with van der Waals surface area (Å²) in [6.07, 6.45) is 1.70. The largest absolute Gasteiger partial charge is 0.305 e. The summed E-state index contributed by atoms with van der Waals surface area (Å²) in [5, 5.41) is 4.32. The zero-order valence-corrected chi connectivity index (χ0v) is 16.7. The third kappa shape index (κ3) is 4.04. The van der Waals surface area contributed by atoms with Crippen LogP contribution in [0.5, 0.6) is 0 Å². The summed E-state index contributed by atoms with van der Waals surface area (Å²) in [6, 6.07) is 7.45. The molecule has 0 spiro atoms. The van der Waals surface area contributed by atoms with Crippen LogP contribution in [-0.4, -0.2) is 49.8 Å². The molecular formula is C18H28N4O2S. The highest BCUT2D eigenvalue weighted by Crippen LogP contribution is 2.30. The Labute approximate surface area is 151 Å². The van der Waals surface area contributed by atoms with Gasteiger partial charge in [-0.2, -0.15) is 13.5 Å². The SMILES string of the molecule is CCn1ccc(S(=O)(=O)N(CC(C)N(C)C)c2c(C)cccc2C)n1. The molecule has 0 radical (unpaired) electrons. The zero-order valence-electron chi connectivity index (χ0n) is 15.9. The van der Waals surface area contributed by atoms with Gasteiger partial charge >= 0.3 is 0 Å². The molecule has 1 heterocycles. The normalized spacial score (nSPS) is 13.2. The minimum atomic E-state index is -3.74. The van der Waals surface area contributed by atoms with E-state index in [4.69, 9.17) is 0 Å². The number of benzene rings is 1. The number of likely N-dealkylation sites (N-methyl/N-ethyl adjacent to an activating group) is 1. The number of aryl methyl sites for hydroxylation is 3. The Hall–Kier alpha value is -1.86. The van der Waals surface area contributed by atoms with Crippen molar-refractivity contribution in [3.8, 4) is 0 Å². The van der Waals surface area contributed by atoms with E-state index in [2.05, 4.69) is 5.10 Å². The molecule has 0 saturated heterocycles. The summed E-state index contributed by atoms with van der Waals surface area (Å²) in [4.78, 5) is 2.01. The molecule has 0 bridgehead atoms. The Morgan fingerprint density at radius 3 is 2.24 bits per heavy atom. The maximum Gasteiger partial charge on any atom is 0.283 e. The van der Waals surface area contributed by atoms with Crippen LogP contribution >= 0.6 is 0 Å². The first kappa shape index (κ1) is 19.5. The van der Waals surface area contributed by atoms with Gasteiger partial charge in [-0.3, -0.25) is 8.99 Å². The highest BCUT2D eigenvalue weighted by molar-refractivity contribution is 7.92. The standard InChI is InChI=1S/C18H28N4O2S/c1-7-21-12-11-17(19-21)25(23,24)22(13-16(4)20(5)6)18-14(2)9-8-10-15(18)3/h8-12,16H,7,13H2,1-6H3. The summed E-state index contributed by atoms with van der Waals surface area (Å²) in [6.45, 7) is 8.82. The van der Waals surface area contributed by atoms with Gasteiger partial charge in [0.15, 0.2) is 5.03 Å². The van der Waals surface area contributed by atoms with Crippen molar-refractivity contribution in [3.63, 3.8) is 0 Å². The zero-order chi connectivity index (χ0) is 18.8. The van der Waals surface area contributed by atoms with Gasteiger partial charge in [0.05, 0.1) is 5.69 Å². The molecule has 1 aromatic carbocycles. The van der Waals surface area contributed by atoms with Crippen molar-refractivity contribution in [2.75, 3.05) is 24.9 Å².